The maximum Gasteiger partial charge on any atom is 0.226 e. The van der Waals surface area contributed by atoms with Crippen LogP contribution in [0.2, 0.25) is 0 Å². The van der Waals surface area contributed by atoms with E-state index in [-0.39, 0.29) is 30.7 Å². The van der Waals surface area contributed by atoms with E-state index in [1.54, 1.807) is 0 Å². The molecule has 6 nitrogen and oxygen atoms in total. The Labute approximate surface area is 177 Å². The van der Waals surface area contributed by atoms with E-state index in [0.29, 0.717) is 31.3 Å². The molecule has 2 aliphatic heterocycles. The van der Waals surface area contributed by atoms with Crippen LogP contribution in [0.15, 0.2) is 23.8 Å². The Balaban J connectivity index is 1.43. The Morgan fingerprint density at radius 3 is 2.70 bits per heavy atom. The molecule has 0 aromatic heterocycles. The van der Waals surface area contributed by atoms with Gasteiger partial charge in [-0.05, 0) is 66.9 Å². The number of ether oxygens (including phenoxy) is 4. The Kier molecular flexibility index (Phi) is 3.95. The molecule has 0 aromatic carbocycles. The Hall–Kier alpha value is -1.05. The van der Waals surface area contributed by atoms with Gasteiger partial charge in [-0.25, -0.2) is 0 Å². The van der Waals surface area contributed by atoms with Crippen molar-refractivity contribution in [3.63, 3.8) is 0 Å². The predicted octanol–water partition coefficient (Wildman–Crippen LogP) is 3.10. The zero-order valence-corrected chi connectivity index (χ0v) is 17.9. The Morgan fingerprint density at radius 1 is 1.13 bits per heavy atom. The minimum absolute atomic E-state index is 0.0936. The van der Waals surface area contributed by atoms with E-state index < -0.39 is 22.9 Å². The SMILES string of the molecule is C=C1C[C@@H]2[C@H]3CC[C@@]4(OCO[C@]45COCO5)[C@@]3(C)[C@@H](O)C[C@H]2[C@@]2(C)CCC(=O)C=C12. The highest BCUT2D eigenvalue weighted by Gasteiger charge is 2.78. The van der Waals surface area contributed by atoms with Gasteiger partial charge in [0.2, 0.25) is 5.79 Å². The summed E-state index contributed by atoms with van der Waals surface area (Å²) < 4.78 is 24.0. The number of ketones is 1. The minimum Gasteiger partial charge on any atom is -0.392 e. The number of allylic oxidation sites excluding steroid dienone is 2. The second-order valence-corrected chi connectivity index (χ2v) is 10.8. The first kappa shape index (κ1) is 19.6. The van der Waals surface area contributed by atoms with Crippen molar-refractivity contribution in [3.8, 4) is 0 Å². The van der Waals surface area contributed by atoms with E-state index in [0.717, 1.165) is 36.8 Å². The van der Waals surface area contributed by atoms with Crippen LogP contribution in [0.3, 0.4) is 0 Å². The molecular formula is C24H32O6. The van der Waals surface area contributed by atoms with Crippen molar-refractivity contribution in [2.45, 2.75) is 69.9 Å². The molecule has 5 fully saturated rings. The van der Waals surface area contributed by atoms with Crippen molar-refractivity contribution >= 4 is 5.78 Å². The summed E-state index contributed by atoms with van der Waals surface area (Å²) in [5, 5.41) is 11.7. The zero-order chi connectivity index (χ0) is 20.9. The van der Waals surface area contributed by atoms with Gasteiger partial charge in [-0.1, -0.05) is 26.0 Å². The molecule has 0 bridgehead atoms. The van der Waals surface area contributed by atoms with E-state index in [1.165, 1.54) is 0 Å². The average molecular weight is 417 g/mol. The first-order valence-electron chi connectivity index (χ1n) is 11.4. The number of carbonyl (C=O) groups is 1. The van der Waals surface area contributed by atoms with Gasteiger partial charge in [-0.3, -0.25) is 4.79 Å². The fourth-order valence-electron chi connectivity index (χ4n) is 8.51. The van der Waals surface area contributed by atoms with Crippen molar-refractivity contribution in [1.82, 2.24) is 0 Å². The lowest BCUT2D eigenvalue weighted by Gasteiger charge is -2.62. The maximum absolute atomic E-state index is 12.2. The molecule has 4 aliphatic carbocycles. The highest BCUT2D eigenvalue weighted by molar-refractivity contribution is 5.92. The summed E-state index contributed by atoms with van der Waals surface area (Å²) in [6.07, 6.45) is 6.08. The molecule has 6 rings (SSSR count). The Morgan fingerprint density at radius 2 is 1.93 bits per heavy atom. The third kappa shape index (κ3) is 2.06. The van der Waals surface area contributed by atoms with E-state index >= 15 is 0 Å². The maximum atomic E-state index is 12.2. The number of carbonyl (C=O) groups excluding carboxylic acids is 1. The fourth-order valence-corrected chi connectivity index (χ4v) is 8.51. The first-order chi connectivity index (χ1) is 14.3. The van der Waals surface area contributed by atoms with Crippen molar-refractivity contribution in [2.24, 2.45) is 28.6 Å². The van der Waals surface area contributed by atoms with E-state index in [2.05, 4.69) is 20.4 Å². The second kappa shape index (κ2) is 6.04. The van der Waals surface area contributed by atoms with Gasteiger partial charge in [0, 0.05) is 11.8 Å². The standard InChI is InChI=1S/C24H32O6/c1-14-8-16-17-5-7-23(24(30-13-28-23)11-27-12-29-24)22(17,3)20(26)10-19(16)21(2)6-4-15(25)9-18(14)21/h9,16-17,19-20,26H,1,4-8,10-13H2,2-3H3/t16-,17-,19-,20+,21+,22-,23-,24-/m1/s1. The van der Waals surface area contributed by atoms with Crippen LogP contribution in [0.25, 0.3) is 0 Å². The van der Waals surface area contributed by atoms with Crippen molar-refractivity contribution in [2.75, 3.05) is 20.2 Å². The predicted molar refractivity (Wildman–Crippen MR) is 107 cm³/mol. The molecule has 6 heteroatoms. The van der Waals surface area contributed by atoms with Crippen LogP contribution < -0.4 is 0 Å². The highest BCUT2D eigenvalue weighted by Crippen LogP contribution is 2.71. The molecular weight excluding hydrogens is 384 g/mol. The fraction of sp³-hybridized carbons (Fsp3) is 0.792. The quantitative estimate of drug-likeness (QED) is 0.654. The van der Waals surface area contributed by atoms with E-state index in [1.807, 2.05) is 6.08 Å². The molecule has 2 heterocycles. The summed E-state index contributed by atoms with van der Waals surface area (Å²) in [7, 11) is 0. The topological polar surface area (TPSA) is 74.2 Å². The third-order valence-electron chi connectivity index (χ3n) is 10.0. The molecule has 0 unspecified atom stereocenters. The van der Waals surface area contributed by atoms with Gasteiger partial charge < -0.3 is 24.1 Å². The average Bonchev–Trinajstić information content (AvgIpc) is 3.41. The summed E-state index contributed by atoms with van der Waals surface area (Å²) in [5.41, 5.74) is 0.954. The summed E-state index contributed by atoms with van der Waals surface area (Å²) in [6, 6.07) is 0. The van der Waals surface area contributed by atoms with Gasteiger partial charge >= 0.3 is 0 Å². The van der Waals surface area contributed by atoms with Gasteiger partial charge in [0.15, 0.2) is 19.4 Å². The summed E-state index contributed by atoms with van der Waals surface area (Å²) in [6.45, 7) is 9.59. The second-order valence-electron chi connectivity index (χ2n) is 10.8. The number of aliphatic hydroxyl groups excluding tert-OH is 1. The smallest absolute Gasteiger partial charge is 0.226 e. The summed E-state index contributed by atoms with van der Waals surface area (Å²) in [4.78, 5) is 12.2. The zero-order valence-electron chi connectivity index (χ0n) is 17.9. The van der Waals surface area contributed by atoms with Crippen molar-refractivity contribution in [1.29, 1.82) is 0 Å². The molecule has 2 saturated heterocycles. The first-order valence-corrected chi connectivity index (χ1v) is 11.4. The summed E-state index contributed by atoms with van der Waals surface area (Å²) in [5.74, 6) is 0.304. The van der Waals surface area contributed by atoms with Crippen LogP contribution in [0.4, 0.5) is 0 Å². The number of hydrogen-bond acceptors (Lipinski definition) is 6. The van der Waals surface area contributed by atoms with Crippen LogP contribution in [0.1, 0.15) is 52.4 Å². The van der Waals surface area contributed by atoms with Crippen molar-refractivity contribution in [3.05, 3.63) is 23.8 Å². The molecule has 3 saturated carbocycles. The lowest BCUT2D eigenvalue weighted by atomic mass is 9.44. The Bertz CT molecular complexity index is 837. The number of rotatable bonds is 0. The van der Waals surface area contributed by atoms with Crippen LogP contribution in [0.5, 0.6) is 0 Å². The van der Waals surface area contributed by atoms with Gasteiger partial charge in [0.1, 0.15) is 12.2 Å². The van der Waals surface area contributed by atoms with E-state index in [4.69, 9.17) is 18.9 Å². The lowest BCUT2D eigenvalue weighted by molar-refractivity contribution is -0.269. The molecule has 30 heavy (non-hydrogen) atoms. The molecule has 2 spiro atoms. The monoisotopic (exact) mass is 416 g/mol. The molecule has 0 aromatic rings. The molecule has 6 aliphatic rings. The largest absolute Gasteiger partial charge is 0.392 e. The number of hydrogen-bond donors (Lipinski definition) is 1. The van der Waals surface area contributed by atoms with Crippen molar-refractivity contribution < 1.29 is 28.8 Å². The van der Waals surface area contributed by atoms with Crippen LogP contribution in [0, 0.1) is 28.6 Å². The molecule has 8 atom stereocenters. The van der Waals surface area contributed by atoms with Gasteiger partial charge in [-0.15, -0.1) is 0 Å². The number of aliphatic hydroxyl groups is 1. The van der Waals surface area contributed by atoms with Gasteiger partial charge in [-0.2, -0.15) is 0 Å². The normalized spacial score (nSPS) is 55.0. The number of fused-ring (bicyclic) bond motifs is 7. The molecule has 164 valence electrons. The lowest BCUT2D eigenvalue weighted by Crippen LogP contribution is -2.68. The van der Waals surface area contributed by atoms with Gasteiger partial charge in [0.25, 0.3) is 0 Å². The minimum atomic E-state index is -0.928. The summed E-state index contributed by atoms with van der Waals surface area (Å²) >= 11 is 0. The van der Waals surface area contributed by atoms with Crippen LogP contribution in [-0.2, 0) is 23.7 Å². The van der Waals surface area contributed by atoms with E-state index in [9.17, 15) is 9.90 Å². The third-order valence-corrected chi connectivity index (χ3v) is 10.0. The van der Waals surface area contributed by atoms with Crippen LogP contribution >= 0.6 is 0 Å². The van der Waals surface area contributed by atoms with Gasteiger partial charge in [0.05, 0.1) is 6.10 Å². The molecule has 0 radical (unpaired) electrons. The highest BCUT2D eigenvalue weighted by atomic mass is 16.9. The van der Waals surface area contributed by atoms with Crippen LogP contribution in [-0.4, -0.2) is 48.6 Å². The molecule has 1 N–H and O–H groups in total. The molecule has 0 amide bonds.